The highest BCUT2D eigenvalue weighted by Gasteiger charge is 2.24. The van der Waals surface area contributed by atoms with Gasteiger partial charge in [0, 0.05) is 68.2 Å². The summed E-state index contributed by atoms with van der Waals surface area (Å²) in [4.78, 5) is 17.7. The van der Waals surface area contributed by atoms with Crippen LogP contribution in [0.3, 0.4) is 0 Å². The highest BCUT2D eigenvalue weighted by atomic mass is 19.1. The number of piperazine rings is 1. The largest absolute Gasteiger partial charge is 0.379 e. The molecule has 2 saturated heterocycles. The molecule has 2 atom stereocenters. The number of fused-ring (bicyclic) bond motifs is 1. The predicted octanol–water partition coefficient (Wildman–Crippen LogP) is 3.73. The average Bonchev–Trinajstić information content (AvgIpc) is 3.38. The van der Waals surface area contributed by atoms with Gasteiger partial charge >= 0.3 is 0 Å². The topological polar surface area (TPSA) is 107 Å². The van der Waals surface area contributed by atoms with Crippen LogP contribution in [-0.2, 0) is 11.3 Å². The molecule has 12 heteroatoms. The van der Waals surface area contributed by atoms with Gasteiger partial charge in [0.15, 0.2) is 0 Å². The Morgan fingerprint density at radius 3 is 2.51 bits per heavy atom. The van der Waals surface area contributed by atoms with Crippen molar-refractivity contribution in [3.63, 3.8) is 0 Å². The number of benzene rings is 1. The zero-order valence-corrected chi connectivity index (χ0v) is 22.9. The van der Waals surface area contributed by atoms with Crippen molar-refractivity contribution in [3.8, 4) is 11.8 Å². The van der Waals surface area contributed by atoms with E-state index in [2.05, 4.69) is 50.4 Å². The van der Waals surface area contributed by atoms with Crippen molar-refractivity contribution in [1.82, 2.24) is 29.7 Å². The fourth-order valence-electron chi connectivity index (χ4n) is 5.54. The van der Waals surface area contributed by atoms with Gasteiger partial charge in [-0.1, -0.05) is 0 Å². The Kier molecular flexibility index (Phi) is 7.49. The first kappa shape index (κ1) is 27.0. The normalized spacial score (nSPS) is 19.8. The second kappa shape index (κ2) is 11.4. The number of ether oxygens (including phenoxy) is 1. The summed E-state index contributed by atoms with van der Waals surface area (Å²) in [6.07, 6.45) is 4.99. The molecule has 2 unspecified atom stereocenters. The van der Waals surface area contributed by atoms with Gasteiger partial charge in [-0.25, -0.2) is 18.7 Å². The summed E-state index contributed by atoms with van der Waals surface area (Å²) in [7, 11) is 0. The third-order valence-electron chi connectivity index (χ3n) is 7.42. The first-order chi connectivity index (χ1) is 19.9. The number of halogens is 2. The van der Waals surface area contributed by atoms with Crippen LogP contribution >= 0.6 is 0 Å². The summed E-state index contributed by atoms with van der Waals surface area (Å²) in [5.41, 5.74) is 1.85. The number of hydrogen-bond acceptors (Lipinski definition) is 9. The lowest BCUT2D eigenvalue weighted by molar-refractivity contribution is 0.0332. The molecular weight excluding hydrogens is 528 g/mol. The fourth-order valence-corrected chi connectivity index (χ4v) is 5.54. The van der Waals surface area contributed by atoms with Gasteiger partial charge in [0.1, 0.15) is 29.2 Å². The van der Waals surface area contributed by atoms with Gasteiger partial charge in [0.25, 0.3) is 0 Å². The molecule has 0 amide bonds. The Balaban J connectivity index is 1.25. The number of hydrogen-bond donors (Lipinski definition) is 2. The minimum absolute atomic E-state index is 0.0399. The van der Waals surface area contributed by atoms with Crippen LogP contribution in [0.2, 0.25) is 0 Å². The summed E-state index contributed by atoms with van der Waals surface area (Å²) in [6, 6.07) is 8.99. The molecule has 0 bridgehead atoms. The molecule has 0 radical (unpaired) electrons. The number of anilines is 3. The van der Waals surface area contributed by atoms with E-state index in [9.17, 15) is 5.26 Å². The van der Waals surface area contributed by atoms with Crippen molar-refractivity contribution in [2.75, 3.05) is 49.6 Å². The lowest BCUT2D eigenvalue weighted by Crippen LogP contribution is -2.54. The van der Waals surface area contributed by atoms with Gasteiger partial charge in [-0.05, 0) is 38.1 Å². The molecule has 0 spiro atoms. The van der Waals surface area contributed by atoms with E-state index in [1.54, 1.807) is 35.3 Å². The lowest BCUT2D eigenvalue weighted by Gasteiger charge is -2.37. The van der Waals surface area contributed by atoms with Gasteiger partial charge in [0.2, 0.25) is 5.95 Å². The van der Waals surface area contributed by atoms with E-state index in [1.807, 2.05) is 4.90 Å². The minimum Gasteiger partial charge on any atom is -0.379 e. The maximum atomic E-state index is 15.1. The van der Waals surface area contributed by atoms with Crippen molar-refractivity contribution < 1.29 is 13.5 Å². The number of nitrogens with one attached hydrogen (secondary N) is 2. The second-order valence-electron chi connectivity index (χ2n) is 10.6. The van der Waals surface area contributed by atoms with Crippen LogP contribution in [0.4, 0.5) is 26.2 Å². The first-order valence-corrected chi connectivity index (χ1v) is 13.7. The first-order valence-electron chi connectivity index (χ1n) is 13.7. The van der Waals surface area contributed by atoms with Crippen LogP contribution in [0, 0.1) is 23.0 Å². The monoisotopic (exact) mass is 559 g/mol. The van der Waals surface area contributed by atoms with Crippen molar-refractivity contribution >= 4 is 28.5 Å². The minimum atomic E-state index is -0.607. The summed E-state index contributed by atoms with van der Waals surface area (Å²) >= 11 is 0. The third kappa shape index (κ3) is 5.69. The molecule has 2 N–H and O–H groups in total. The number of morpholine rings is 1. The molecule has 10 nitrogen and oxygen atoms in total. The van der Waals surface area contributed by atoms with Crippen LogP contribution in [-0.4, -0.2) is 75.9 Å². The zero-order valence-electron chi connectivity index (χ0n) is 22.9. The molecule has 4 aromatic rings. The molecule has 2 aliphatic rings. The van der Waals surface area contributed by atoms with Crippen LogP contribution in [0.25, 0.3) is 16.7 Å². The van der Waals surface area contributed by atoms with Crippen molar-refractivity contribution in [3.05, 3.63) is 65.6 Å². The van der Waals surface area contributed by atoms with Gasteiger partial charge in [-0.3, -0.25) is 4.90 Å². The number of nitriles is 1. The van der Waals surface area contributed by atoms with E-state index < -0.39 is 11.6 Å². The Hall–Kier alpha value is -4.18. The highest BCUT2D eigenvalue weighted by Crippen LogP contribution is 2.27. The molecule has 0 aliphatic carbocycles. The van der Waals surface area contributed by atoms with Gasteiger partial charge in [-0.15, -0.1) is 0 Å². The van der Waals surface area contributed by atoms with Gasteiger partial charge in [0.05, 0.1) is 36.3 Å². The van der Waals surface area contributed by atoms with E-state index in [0.29, 0.717) is 60.1 Å². The van der Waals surface area contributed by atoms with Crippen LogP contribution in [0.15, 0.2) is 42.9 Å². The number of rotatable bonds is 6. The Bertz CT molecular complexity index is 1580. The highest BCUT2D eigenvalue weighted by molar-refractivity contribution is 5.79. The Morgan fingerprint density at radius 2 is 1.80 bits per heavy atom. The molecule has 6 rings (SSSR count). The van der Waals surface area contributed by atoms with E-state index >= 15 is 8.78 Å². The van der Waals surface area contributed by atoms with E-state index in [4.69, 9.17) is 4.74 Å². The Morgan fingerprint density at radius 1 is 1.07 bits per heavy atom. The molecule has 2 aliphatic heterocycles. The molecule has 5 heterocycles. The quantitative estimate of drug-likeness (QED) is 0.366. The maximum Gasteiger partial charge on any atom is 0.229 e. The molecule has 212 valence electrons. The van der Waals surface area contributed by atoms with Gasteiger partial charge < -0.3 is 24.8 Å². The predicted molar refractivity (Wildman–Crippen MR) is 151 cm³/mol. The van der Waals surface area contributed by atoms with Gasteiger partial charge in [-0.2, -0.15) is 10.2 Å². The SMILES string of the molecule is CC1CN(c2ncc(Nc3ncc4ccn(-c5cc(F)c(CN6CCOCC6)c(F)c5)c4n3)cc2C#N)CC(C)N1. The number of pyridine rings is 1. The van der Waals surface area contributed by atoms with Crippen LogP contribution < -0.4 is 15.5 Å². The maximum absolute atomic E-state index is 15.1. The van der Waals surface area contributed by atoms with Crippen LogP contribution in [0.1, 0.15) is 25.0 Å². The zero-order chi connectivity index (χ0) is 28.5. The van der Waals surface area contributed by atoms with Crippen LogP contribution in [0.5, 0.6) is 0 Å². The van der Waals surface area contributed by atoms with E-state index in [-0.39, 0.29) is 30.1 Å². The smallest absolute Gasteiger partial charge is 0.229 e. The van der Waals surface area contributed by atoms with E-state index in [0.717, 1.165) is 13.1 Å². The second-order valence-corrected chi connectivity index (χ2v) is 10.6. The fraction of sp³-hybridized carbons (Fsp3) is 0.379. The molecule has 2 fully saturated rings. The summed E-state index contributed by atoms with van der Waals surface area (Å²) in [6.45, 7) is 8.30. The molecule has 1 aromatic carbocycles. The number of nitrogens with zero attached hydrogens (tertiary/aromatic N) is 7. The average molecular weight is 560 g/mol. The standard InChI is InChI=1S/C29H31F2N9O/c1-18-15-39(16-19(2)35-18)27-21(12-32)9-22(14-33-27)36-29-34-13-20-3-4-40(28(20)37-29)23-10-25(30)24(26(31)11-23)17-38-5-7-41-8-6-38/h3-4,9-11,13-14,18-19,35H,5-8,15-17H2,1-2H3,(H,34,36,37). The molecule has 41 heavy (non-hydrogen) atoms. The van der Waals surface area contributed by atoms with Crippen molar-refractivity contribution in [2.24, 2.45) is 0 Å². The third-order valence-corrected chi connectivity index (χ3v) is 7.42. The summed E-state index contributed by atoms with van der Waals surface area (Å²) in [5.74, 6) is -0.303. The molecule has 0 saturated carbocycles. The van der Waals surface area contributed by atoms with Crippen molar-refractivity contribution in [2.45, 2.75) is 32.5 Å². The lowest BCUT2D eigenvalue weighted by atomic mass is 10.1. The number of aromatic nitrogens is 4. The molecular formula is C29H31F2N9O. The Labute approximate surface area is 236 Å². The van der Waals surface area contributed by atoms with Crippen molar-refractivity contribution in [1.29, 1.82) is 5.26 Å². The summed E-state index contributed by atoms with van der Waals surface area (Å²) < 4.78 is 37.2. The summed E-state index contributed by atoms with van der Waals surface area (Å²) in [5, 5.41) is 17.2. The molecule has 3 aromatic heterocycles. The van der Waals surface area contributed by atoms with E-state index in [1.165, 1.54) is 12.1 Å².